The molecular weight excluding hydrogens is 278 g/mol. The molecule has 1 rings (SSSR count). The third-order valence-electron chi connectivity index (χ3n) is 3.54. The number of hydrogen-bond donors (Lipinski definition) is 2. The molecule has 0 aromatic rings. The lowest BCUT2D eigenvalue weighted by Crippen LogP contribution is -2.52. The van der Waals surface area contributed by atoms with Crippen molar-refractivity contribution < 1.29 is 24.6 Å². The Balaban J connectivity index is 2.87. The van der Waals surface area contributed by atoms with Gasteiger partial charge in [-0.05, 0) is 26.4 Å². The van der Waals surface area contributed by atoms with E-state index < -0.39 is 31.1 Å². The molecule has 0 spiro atoms. The Morgan fingerprint density at radius 1 is 1.14 bits per heavy atom. The molecule has 120 valence electrons. The number of amides is 2. The topological polar surface area (TPSA) is 101 Å². The predicted octanol–water partition coefficient (Wildman–Crippen LogP) is -0.00630. The molecule has 0 bridgehead atoms. The van der Waals surface area contributed by atoms with Crippen LogP contribution in [0.1, 0.15) is 19.8 Å². The van der Waals surface area contributed by atoms with E-state index in [0.717, 1.165) is 24.3 Å². The van der Waals surface area contributed by atoms with Crippen molar-refractivity contribution >= 4 is 18.0 Å². The highest BCUT2D eigenvalue weighted by Gasteiger charge is 2.31. The summed E-state index contributed by atoms with van der Waals surface area (Å²) in [5.41, 5.74) is 0. The number of rotatable bonds is 5. The van der Waals surface area contributed by atoms with Gasteiger partial charge in [-0.15, -0.1) is 0 Å². The number of aliphatic carboxylic acids is 2. The summed E-state index contributed by atoms with van der Waals surface area (Å²) in [5, 5.41) is 17.7. The van der Waals surface area contributed by atoms with Gasteiger partial charge in [0.15, 0.2) is 0 Å². The van der Waals surface area contributed by atoms with Gasteiger partial charge in [0.05, 0.1) is 0 Å². The number of carboxylic acid groups (broad SMARTS) is 2. The fraction of sp³-hybridized carbons (Fsp3) is 0.769. The summed E-state index contributed by atoms with van der Waals surface area (Å²) in [6.45, 7) is 2.83. The van der Waals surface area contributed by atoms with Gasteiger partial charge >= 0.3 is 18.0 Å². The zero-order valence-corrected chi connectivity index (χ0v) is 12.5. The Bertz CT molecular complexity index is 385. The largest absolute Gasteiger partial charge is 0.480 e. The van der Waals surface area contributed by atoms with E-state index in [9.17, 15) is 14.4 Å². The highest BCUT2D eigenvalue weighted by molar-refractivity contribution is 5.84. The van der Waals surface area contributed by atoms with Crippen molar-refractivity contribution in [2.75, 3.05) is 39.8 Å². The summed E-state index contributed by atoms with van der Waals surface area (Å²) < 4.78 is 0. The molecule has 1 aliphatic heterocycles. The van der Waals surface area contributed by atoms with Gasteiger partial charge in [-0.3, -0.25) is 9.59 Å². The standard InChI is InChI=1S/C13H23N3O5/c1-3-10-7-14(2)5-4-6-16(10)13(21)15(8-11(17)18)9-12(19)20/h10H,3-9H2,1-2H3,(H,17,18)(H,19,20). The molecule has 1 heterocycles. The molecule has 2 amide bonds. The van der Waals surface area contributed by atoms with Gasteiger partial charge in [-0.1, -0.05) is 6.92 Å². The van der Waals surface area contributed by atoms with Crippen molar-refractivity contribution in [2.24, 2.45) is 0 Å². The number of carbonyl (C=O) groups excluding carboxylic acids is 1. The van der Waals surface area contributed by atoms with Crippen LogP contribution in [0, 0.1) is 0 Å². The number of carbonyl (C=O) groups is 3. The lowest BCUT2D eigenvalue weighted by atomic mass is 10.2. The fourth-order valence-corrected chi connectivity index (χ4v) is 2.54. The first-order valence-electron chi connectivity index (χ1n) is 7.02. The number of hydrogen-bond acceptors (Lipinski definition) is 4. The van der Waals surface area contributed by atoms with Gasteiger partial charge < -0.3 is 24.9 Å². The normalized spacial score (nSPS) is 19.9. The monoisotopic (exact) mass is 301 g/mol. The molecule has 1 fully saturated rings. The van der Waals surface area contributed by atoms with Crippen LogP contribution in [0.15, 0.2) is 0 Å². The zero-order chi connectivity index (χ0) is 16.0. The predicted molar refractivity (Wildman–Crippen MR) is 75.1 cm³/mol. The van der Waals surface area contributed by atoms with Crippen LogP contribution in [0.2, 0.25) is 0 Å². The van der Waals surface area contributed by atoms with Gasteiger partial charge in [-0.2, -0.15) is 0 Å². The second-order valence-electron chi connectivity index (χ2n) is 5.30. The number of nitrogens with zero attached hydrogens (tertiary/aromatic N) is 3. The summed E-state index contributed by atoms with van der Waals surface area (Å²) in [5.74, 6) is -2.44. The zero-order valence-electron chi connectivity index (χ0n) is 12.5. The Kier molecular flexibility index (Phi) is 6.41. The first kappa shape index (κ1) is 17.2. The SMILES string of the molecule is CCC1CN(C)CCCN1C(=O)N(CC(=O)O)CC(=O)O. The fourth-order valence-electron chi connectivity index (χ4n) is 2.54. The van der Waals surface area contributed by atoms with Crippen LogP contribution in [0.5, 0.6) is 0 Å². The second kappa shape index (κ2) is 7.82. The van der Waals surface area contributed by atoms with E-state index in [2.05, 4.69) is 4.90 Å². The molecule has 0 radical (unpaired) electrons. The summed E-state index contributed by atoms with van der Waals surface area (Å²) in [6, 6.07) is -0.544. The molecule has 8 heteroatoms. The molecule has 0 aromatic heterocycles. The second-order valence-corrected chi connectivity index (χ2v) is 5.30. The molecule has 21 heavy (non-hydrogen) atoms. The summed E-state index contributed by atoms with van der Waals surface area (Å²) in [6.07, 6.45) is 1.52. The number of carboxylic acids is 2. The Morgan fingerprint density at radius 2 is 1.71 bits per heavy atom. The molecule has 0 saturated carbocycles. The summed E-state index contributed by atoms with van der Waals surface area (Å²) in [4.78, 5) is 38.8. The summed E-state index contributed by atoms with van der Waals surface area (Å²) in [7, 11) is 1.98. The van der Waals surface area contributed by atoms with Gasteiger partial charge in [0.2, 0.25) is 0 Å². The minimum Gasteiger partial charge on any atom is -0.480 e. The molecule has 1 aliphatic rings. The van der Waals surface area contributed by atoms with E-state index in [1.54, 1.807) is 4.90 Å². The van der Waals surface area contributed by atoms with Gasteiger partial charge in [-0.25, -0.2) is 4.79 Å². The first-order valence-corrected chi connectivity index (χ1v) is 7.02. The molecule has 0 aromatic carbocycles. The van der Waals surface area contributed by atoms with Crippen LogP contribution < -0.4 is 0 Å². The first-order chi connectivity index (χ1) is 9.85. The minimum atomic E-state index is -1.22. The maximum atomic E-state index is 12.5. The van der Waals surface area contributed by atoms with E-state index in [1.165, 1.54) is 0 Å². The van der Waals surface area contributed by atoms with Crippen molar-refractivity contribution in [3.63, 3.8) is 0 Å². The van der Waals surface area contributed by atoms with Gasteiger partial charge in [0, 0.05) is 19.1 Å². The molecule has 8 nitrogen and oxygen atoms in total. The third-order valence-corrected chi connectivity index (χ3v) is 3.54. The number of likely N-dealkylation sites (N-methyl/N-ethyl adjacent to an activating group) is 1. The Morgan fingerprint density at radius 3 is 2.19 bits per heavy atom. The molecule has 2 N–H and O–H groups in total. The van der Waals surface area contributed by atoms with E-state index in [0.29, 0.717) is 13.1 Å². The maximum absolute atomic E-state index is 12.5. The number of urea groups is 1. The smallest absolute Gasteiger partial charge is 0.323 e. The maximum Gasteiger partial charge on any atom is 0.323 e. The van der Waals surface area contributed by atoms with Crippen molar-refractivity contribution in [3.8, 4) is 0 Å². The van der Waals surface area contributed by atoms with Crippen LogP contribution in [0.3, 0.4) is 0 Å². The van der Waals surface area contributed by atoms with Crippen LogP contribution in [-0.4, -0.2) is 88.7 Å². The average Bonchev–Trinajstić information content (AvgIpc) is 2.57. The molecule has 1 saturated heterocycles. The van der Waals surface area contributed by atoms with Crippen molar-refractivity contribution in [2.45, 2.75) is 25.8 Å². The van der Waals surface area contributed by atoms with Gasteiger partial charge in [0.1, 0.15) is 13.1 Å². The average molecular weight is 301 g/mol. The van der Waals surface area contributed by atoms with Crippen molar-refractivity contribution in [1.82, 2.24) is 14.7 Å². The molecule has 1 unspecified atom stereocenters. The van der Waals surface area contributed by atoms with Gasteiger partial charge in [0.25, 0.3) is 0 Å². The quantitative estimate of drug-likeness (QED) is 0.741. The Labute approximate surface area is 123 Å². The van der Waals surface area contributed by atoms with E-state index in [4.69, 9.17) is 10.2 Å². The molecule has 0 aliphatic carbocycles. The van der Waals surface area contributed by atoms with Crippen LogP contribution >= 0.6 is 0 Å². The van der Waals surface area contributed by atoms with E-state index in [-0.39, 0.29) is 6.04 Å². The van der Waals surface area contributed by atoms with Crippen molar-refractivity contribution in [3.05, 3.63) is 0 Å². The third kappa shape index (κ3) is 5.22. The molecular formula is C13H23N3O5. The summed E-state index contributed by atoms with van der Waals surface area (Å²) >= 11 is 0. The lowest BCUT2D eigenvalue weighted by Gasteiger charge is -2.34. The lowest BCUT2D eigenvalue weighted by molar-refractivity contribution is -0.140. The van der Waals surface area contributed by atoms with Crippen LogP contribution in [-0.2, 0) is 9.59 Å². The minimum absolute atomic E-state index is 0.0323. The molecule has 1 atom stereocenters. The van der Waals surface area contributed by atoms with Crippen LogP contribution in [0.25, 0.3) is 0 Å². The van der Waals surface area contributed by atoms with Crippen molar-refractivity contribution in [1.29, 1.82) is 0 Å². The van der Waals surface area contributed by atoms with E-state index in [1.807, 2.05) is 14.0 Å². The van der Waals surface area contributed by atoms with Crippen LogP contribution in [0.4, 0.5) is 4.79 Å². The highest BCUT2D eigenvalue weighted by Crippen LogP contribution is 2.14. The van der Waals surface area contributed by atoms with E-state index >= 15 is 0 Å². The highest BCUT2D eigenvalue weighted by atomic mass is 16.4. The Hall–Kier alpha value is -1.83.